The third-order valence-corrected chi connectivity index (χ3v) is 10.1. The van der Waals surface area contributed by atoms with Gasteiger partial charge in [0.1, 0.15) is 42.0 Å². The van der Waals surface area contributed by atoms with Crippen molar-refractivity contribution >= 4 is 76.7 Å². The Bertz CT molecular complexity index is 2840. The minimum atomic E-state index is -1.16. The first-order valence-corrected chi connectivity index (χ1v) is 22.8. The van der Waals surface area contributed by atoms with Crippen LogP contribution >= 0.6 is 13.5 Å². The van der Waals surface area contributed by atoms with Gasteiger partial charge >= 0.3 is 18.2 Å². The molecule has 6 aromatic carbocycles. The van der Waals surface area contributed by atoms with Crippen LogP contribution < -0.4 is 30.7 Å². The summed E-state index contributed by atoms with van der Waals surface area (Å²) in [5.74, 6) is -1.04. The lowest BCUT2D eigenvalue weighted by Gasteiger charge is -2.22. The topological polar surface area (TPSA) is 192 Å². The monoisotopic (exact) mass is 999 g/mol. The van der Waals surface area contributed by atoms with E-state index in [-0.39, 0.29) is 70.7 Å². The van der Waals surface area contributed by atoms with Crippen LogP contribution in [-0.2, 0) is 30.4 Å². The molecule has 0 heterocycles. The number of nitrogens with zero attached hydrogens (tertiary/aromatic N) is 1. The zero-order valence-corrected chi connectivity index (χ0v) is 41.8. The SMILES string of the molecule is C.C=CCOc1ccc2ccccc2c1-c1c(OCC(=O)N[C@H](CCCN=C(NC(=O)OC(C)(C)C)NC(=O)OC(C)(C)C)C(=O)Nc2cccc(C(=O)OCc3ccccc3)c2)ccc2ccccc12.S. The molecule has 380 valence electrons. The van der Waals surface area contributed by atoms with Crippen molar-refractivity contribution in [2.24, 2.45) is 4.99 Å². The lowest BCUT2D eigenvalue weighted by molar-refractivity contribution is -0.128. The molecule has 0 spiro atoms. The Labute approximate surface area is 428 Å². The summed E-state index contributed by atoms with van der Waals surface area (Å²) < 4.78 is 28.8. The number of esters is 1. The molecule has 4 amide bonds. The van der Waals surface area contributed by atoms with Gasteiger partial charge in [0, 0.05) is 23.4 Å². The fourth-order valence-corrected chi connectivity index (χ4v) is 7.21. The molecule has 0 saturated carbocycles. The molecule has 4 N–H and O–H groups in total. The van der Waals surface area contributed by atoms with Crippen LogP contribution in [0.25, 0.3) is 32.7 Å². The number of alkyl carbamates (subject to hydrolysis) is 2. The van der Waals surface area contributed by atoms with Crippen molar-refractivity contribution in [1.29, 1.82) is 0 Å². The largest absolute Gasteiger partial charge is 0.489 e. The summed E-state index contributed by atoms with van der Waals surface area (Å²) in [4.78, 5) is 71.0. The number of amides is 4. The molecule has 6 aromatic rings. The molecule has 0 saturated heterocycles. The first-order valence-electron chi connectivity index (χ1n) is 22.8. The Morgan fingerprint density at radius 1 is 0.681 bits per heavy atom. The van der Waals surface area contributed by atoms with Crippen molar-refractivity contribution in [3.63, 3.8) is 0 Å². The summed E-state index contributed by atoms with van der Waals surface area (Å²) in [6.07, 6.45) is 0.139. The van der Waals surface area contributed by atoms with Crippen molar-refractivity contribution < 1.29 is 47.7 Å². The number of benzene rings is 6. The Hall–Kier alpha value is -7.85. The van der Waals surface area contributed by atoms with Gasteiger partial charge in [0.15, 0.2) is 6.61 Å². The summed E-state index contributed by atoms with van der Waals surface area (Å²) in [7, 11) is 0. The molecule has 6 rings (SSSR count). The molecule has 0 fully saturated rings. The van der Waals surface area contributed by atoms with E-state index in [1.54, 1.807) is 71.9 Å². The molecular formula is C56H65N5O10S. The third-order valence-electron chi connectivity index (χ3n) is 10.1. The van der Waals surface area contributed by atoms with E-state index in [0.29, 0.717) is 17.1 Å². The van der Waals surface area contributed by atoms with Crippen LogP contribution in [0.2, 0.25) is 0 Å². The second-order valence-corrected chi connectivity index (χ2v) is 18.1. The Balaban J connectivity index is 0.00000562. The standard InChI is InChI=1S/C55H59N5O10.CH4.H2S/c1-8-32-66-44-29-27-37-20-12-14-24-41(37)47(44)48-42-25-15-13-21-38(42)28-30-45(48)67-35-46(61)58-43(26-17-31-56-51(59-52(64)69-54(2,3)4)60-53(65)70-55(5,6)7)49(62)57-40-23-16-22-39(33-40)50(63)68-34-36-18-10-9-11-19-36;;/h8-16,18-25,27-30,33,43H,1,17,26,31-32,34-35H2,2-7H3,(H,57,62)(H,58,61)(H2,56,59,60,64,65);1H4;1H2/t43-;;/m1../s1. The Morgan fingerprint density at radius 2 is 1.24 bits per heavy atom. The van der Waals surface area contributed by atoms with Crippen LogP contribution in [0.4, 0.5) is 15.3 Å². The van der Waals surface area contributed by atoms with Gasteiger partial charge in [-0.3, -0.25) is 25.2 Å². The van der Waals surface area contributed by atoms with E-state index in [2.05, 4.69) is 32.8 Å². The van der Waals surface area contributed by atoms with Gasteiger partial charge < -0.3 is 34.3 Å². The minimum absolute atomic E-state index is 0. The van der Waals surface area contributed by atoms with Crippen LogP contribution in [0.3, 0.4) is 0 Å². The van der Waals surface area contributed by atoms with Gasteiger partial charge in [-0.25, -0.2) is 14.4 Å². The van der Waals surface area contributed by atoms with E-state index in [9.17, 15) is 24.0 Å². The number of nitrogens with one attached hydrogen (secondary N) is 4. The molecule has 0 unspecified atom stereocenters. The van der Waals surface area contributed by atoms with Gasteiger partial charge in [0.25, 0.3) is 5.91 Å². The molecule has 15 nitrogen and oxygen atoms in total. The predicted octanol–water partition coefficient (Wildman–Crippen LogP) is 11.0. The van der Waals surface area contributed by atoms with Crippen LogP contribution in [0.1, 0.15) is 77.7 Å². The highest BCUT2D eigenvalue weighted by Gasteiger charge is 2.25. The van der Waals surface area contributed by atoms with Crippen molar-refractivity contribution in [3.05, 3.63) is 151 Å². The summed E-state index contributed by atoms with van der Waals surface area (Å²) in [5.41, 5.74) is 1.09. The van der Waals surface area contributed by atoms with E-state index in [4.69, 9.17) is 23.7 Å². The average molecular weight is 1000 g/mol. The van der Waals surface area contributed by atoms with E-state index in [1.165, 1.54) is 6.07 Å². The third kappa shape index (κ3) is 16.9. The molecule has 0 bridgehead atoms. The highest BCUT2D eigenvalue weighted by Crippen LogP contribution is 2.45. The van der Waals surface area contributed by atoms with E-state index < -0.39 is 53.8 Å². The first kappa shape index (κ1) is 56.7. The number of hydrogen-bond acceptors (Lipinski definition) is 11. The van der Waals surface area contributed by atoms with Gasteiger partial charge in [-0.15, -0.1) is 0 Å². The van der Waals surface area contributed by atoms with Gasteiger partial charge in [0.05, 0.1) is 5.56 Å². The molecule has 0 aliphatic carbocycles. The lowest BCUT2D eigenvalue weighted by Crippen LogP contribution is -2.47. The highest BCUT2D eigenvalue weighted by molar-refractivity contribution is 7.59. The summed E-state index contributed by atoms with van der Waals surface area (Å²) in [5, 5.41) is 14.2. The number of hydrogen-bond donors (Lipinski definition) is 4. The average Bonchev–Trinajstić information content (AvgIpc) is 3.31. The number of guanidine groups is 1. The molecular weight excluding hydrogens is 935 g/mol. The summed E-state index contributed by atoms with van der Waals surface area (Å²) in [6, 6.07) is 37.7. The maximum absolute atomic E-state index is 14.1. The fourth-order valence-electron chi connectivity index (χ4n) is 7.21. The lowest BCUT2D eigenvalue weighted by atomic mass is 9.92. The van der Waals surface area contributed by atoms with Crippen LogP contribution in [0, 0.1) is 0 Å². The number of anilines is 1. The van der Waals surface area contributed by atoms with E-state index in [0.717, 1.165) is 32.7 Å². The number of ether oxygens (including phenoxy) is 5. The molecule has 1 atom stereocenters. The summed E-state index contributed by atoms with van der Waals surface area (Å²) >= 11 is 0. The van der Waals surface area contributed by atoms with Crippen LogP contribution in [-0.4, -0.2) is 72.9 Å². The maximum Gasteiger partial charge on any atom is 0.414 e. The number of carbonyl (C=O) groups excluding carboxylic acids is 5. The predicted molar refractivity (Wildman–Crippen MR) is 288 cm³/mol. The van der Waals surface area contributed by atoms with Crippen molar-refractivity contribution in [2.45, 2.75) is 85.7 Å². The maximum atomic E-state index is 14.1. The Kier molecular flexibility index (Phi) is 20.8. The highest BCUT2D eigenvalue weighted by atomic mass is 32.1. The minimum Gasteiger partial charge on any atom is -0.489 e. The van der Waals surface area contributed by atoms with Crippen molar-refractivity contribution in [3.8, 4) is 22.6 Å². The zero-order chi connectivity index (χ0) is 50.3. The second-order valence-electron chi connectivity index (χ2n) is 18.1. The number of carbonyl (C=O) groups is 5. The smallest absolute Gasteiger partial charge is 0.414 e. The molecule has 0 aliphatic heterocycles. The molecule has 16 heteroatoms. The molecule has 0 aromatic heterocycles. The van der Waals surface area contributed by atoms with Crippen molar-refractivity contribution in [1.82, 2.24) is 16.0 Å². The number of fused-ring (bicyclic) bond motifs is 2. The van der Waals surface area contributed by atoms with Gasteiger partial charge in [-0.1, -0.05) is 117 Å². The molecule has 72 heavy (non-hydrogen) atoms. The second kappa shape index (κ2) is 26.4. The summed E-state index contributed by atoms with van der Waals surface area (Å²) in [6.45, 7) is 13.8. The normalized spacial score (nSPS) is 11.3. The van der Waals surface area contributed by atoms with Gasteiger partial charge in [0.2, 0.25) is 11.9 Å². The van der Waals surface area contributed by atoms with E-state index in [1.807, 2.05) is 97.1 Å². The van der Waals surface area contributed by atoms with Gasteiger partial charge in [-0.05, 0) is 112 Å². The quantitative estimate of drug-likeness (QED) is 0.0171. The van der Waals surface area contributed by atoms with Crippen LogP contribution in [0.5, 0.6) is 11.5 Å². The van der Waals surface area contributed by atoms with Crippen molar-refractivity contribution in [2.75, 3.05) is 25.1 Å². The fraction of sp³-hybridized carbons (Fsp3) is 0.286. The van der Waals surface area contributed by atoms with E-state index >= 15 is 0 Å². The van der Waals surface area contributed by atoms with Gasteiger partial charge in [-0.2, -0.15) is 13.5 Å². The first-order chi connectivity index (χ1) is 33.5. The molecule has 0 radical (unpaired) electrons. The Morgan fingerprint density at radius 3 is 1.81 bits per heavy atom. The zero-order valence-electron chi connectivity index (χ0n) is 40.8. The molecule has 0 aliphatic rings. The number of rotatable bonds is 17. The van der Waals surface area contributed by atoms with Crippen LogP contribution in [0.15, 0.2) is 145 Å². The number of aliphatic imine (C=N–C) groups is 1.